The Morgan fingerprint density at radius 3 is 2.82 bits per heavy atom. The van der Waals surface area contributed by atoms with Crippen LogP contribution in [-0.4, -0.2) is 28.5 Å². The minimum atomic E-state index is 0.152. The van der Waals surface area contributed by atoms with E-state index in [0.29, 0.717) is 12.5 Å². The van der Waals surface area contributed by atoms with Crippen molar-refractivity contribution in [2.75, 3.05) is 6.61 Å². The molecular formula is C18H15N3O. The van der Waals surface area contributed by atoms with Crippen LogP contribution in [-0.2, 0) is 11.2 Å². The standard InChI is InChI=1S/C18H15N3O/c1-2-5-13(6-3-1)11-15-12-22-18(20-15)16-9-8-14-7-4-10-19-17(14)21-16/h1-10,15H,11-12H2/t15-/m0/s1. The number of aliphatic imine (C=N–C) groups is 1. The van der Waals surface area contributed by atoms with E-state index in [1.807, 2.05) is 42.5 Å². The first-order valence-corrected chi connectivity index (χ1v) is 7.35. The second-order valence-electron chi connectivity index (χ2n) is 5.34. The van der Waals surface area contributed by atoms with Crippen molar-refractivity contribution in [3.8, 4) is 0 Å². The van der Waals surface area contributed by atoms with Gasteiger partial charge in [0.1, 0.15) is 12.3 Å². The molecule has 0 fully saturated rings. The van der Waals surface area contributed by atoms with Gasteiger partial charge in [-0.05, 0) is 36.2 Å². The summed E-state index contributed by atoms with van der Waals surface area (Å²) in [6.45, 7) is 0.603. The Morgan fingerprint density at radius 1 is 1.00 bits per heavy atom. The van der Waals surface area contributed by atoms with Gasteiger partial charge < -0.3 is 4.74 Å². The van der Waals surface area contributed by atoms with E-state index in [2.05, 4.69) is 27.1 Å². The van der Waals surface area contributed by atoms with Crippen LogP contribution in [0.25, 0.3) is 11.0 Å². The zero-order chi connectivity index (χ0) is 14.8. The summed E-state index contributed by atoms with van der Waals surface area (Å²) in [7, 11) is 0. The second kappa shape index (κ2) is 5.56. The van der Waals surface area contributed by atoms with Crippen LogP contribution in [0.2, 0.25) is 0 Å². The summed E-state index contributed by atoms with van der Waals surface area (Å²) in [5, 5.41) is 1.02. The highest BCUT2D eigenvalue weighted by molar-refractivity contribution is 5.95. The van der Waals surface area contributed by atoms with Crippen LogP contribution in [0.1, 0.15) is 11.3 Å². The number of hydrogen-bond acceptors (Lipinski definition) is 4. The molecule has 3 aromatic rings. The number of ether oxygens (including phenoxy) is 1. The minimum Gasteiger partial charge on any atom is -0.474 e. The fourth-order valence-corrected chi connectivity index (χ4v) is 2.62. The normalized spacial score (nSPS) is 17.3. The molecular weight excluding hydrogens is 274 g/mol. The molecule has 3 heterocycles. The number of rotatable bonds is 3. The first kappa shape index (κ1) is 13.0. The van der Waals surface area contributed by atoms with Gasteiger partial charge in [0.15, 0.2) is 5.65 Å². The van der Waals surface area contributed by atoms with Crippen LogP contribution < -0.4 is 0 Å². The number of nitrogens with zero attached hydrogens (tertiary/aromatic N) is 3. The first-order valence-electron chi connectivity index (χ1n) is 7.35. The Kier molecular flexibility index (Phi) is 3.27. The van der Waals surface area contributed by atoms with Crippen LogP contribution in [0.4, 0.5) is 0 Å². The summed E-state index contributed by atoms with van der Waals surface area (Å²) in [6, 6.07) is 18.3. The molecule has 0 unspecified atom stereocenters. The van der Waals surface area contributed by atoms with Gasteiger partial charge in [0, 0.05) is 11.6 Å². The summed E-state index contributed by atoms with van der Waals surface area (Å²) in [4.78, 5) is 13.5. The molecule has 0 N–H and O–H groups in total. The third-order valence-electron chi connectivity index (χ3n) is 3.71. The van der Waals surface area contributed by atoms with E-state index in [-0.39, 0.29) is 6.04 Å². The topological polar surface area (TPSA) is 47.4 Å². The van der Waals surface area contributed by atoms with Crippen molar-refractivity contribution in [2.24, 2.45) is 4.99 Å². The van der Waals surface area contributed by atoms with Gasteiger partial charge in [0.25, 0.3) is 0 Å². The van der Waals surface area contributed by atoms with Gasteiger partial charge in [-0.1, -0.05) is 30.3 Å². The van der Waals surface area contributed by atoms with Crippen molar-refractivity contribution >= 4 is 16.9 Å². The van der Waals surface area contributed by atoms with Crippen molar-refractivity contribution in [1.29, 1.82) is 0 Å². The third kappa shape index (κ3) is 2.55. The Labute approximate surface area is 128 Å². The van der Waals surface area contributed by atoms with Crippen LogP contribution in [0.15, 0.2) is 65.8 Å². The van der Waals surface area contributed by atoms with Gasteiger partial charge in [-0.3, -0.25) is 0 Å². The maximum atomic E-state index is 5.73. The van der Waals surface area contributed by atoms with Crippen LogP contribution in [0.5, 0.6) is 0 Å². The molecule has 22 heavy (non-hydrogen) atoms. The first-order chi connectivity index (χ1) is 10.9. The van der Waals surface area contributed by atoms with E-state index in [1.165, 1.54) is 5.56 Å². The van der Waals surface area contributed by atoms with Crippen molar-refractivity contribution in [3.05, 3.63) is 72.1 Å². The number of aromatic nitrogens is 2. The minimum absolute atomic E-state index is 0.152. The predicted molar refractivity (Wildman–Crippen MR) is 86.0 cm³/mol. The van der Waals surface area contributed by atoms with Gasteiger partial charge in [-0.2, -0.15) is 0 Å². The molecule has 0 radical (unpaired) electrons. The number of pyridine rings is 2. The van der Waals surface area contributed by atoms with Crippen molar-refractivity contribution < 1.29 is 4.74 Å². The molecule has 0 spiro atoms. The lowest BCUT2D eigenvalue weighted by atomic mass is 10.1. The lowest BCUT2D eigenvalue weighted by Crippen LogP contribution is -2.09. The molecule has 4 nitrogen and oxygen atoms in total. The van der Waals surface area contributed by atoms with E-state index in [9.17, 15) is 0 Å². The molecule has 4 heteroatoms. The maximum Gasteiger partial charge on any atom is 0.235 e. The Morgan fingerprint density at radius 2 is 1.91 bits per heavy atom. The summed E-state index contributed by atoms with van der Waals surface area (Å²) in [5.74, 6) is 0.619. The van der Waals surface area contributed by atoms with Crippen molar-refractivity contribution in [2.45, 2.75) is 12.5 Å². The lowest BCUT2D eigenvalue weighted by molar-refractivity contribution is 0.316. The number of fused-ring (bicyclic) bond motifs is 1. The molecule has 1 aliphatic heterocycles. The van der Waals surface area contributed by atoms with Gasteiger partial charge in [-0.15, -0.1) is 0 Å². The van der Waals surface area contributed by atoms with E-state index >= 15 is 0 Å². The highest BCUT2D eigenvalue weighted by Crippen LogP contribution is 2.17. The summed E-state index contributed by atoms with van der Waals surface area (Å²) < 4.78 is 5.73. The van der Waals surface area contributed by atoms with Gasteiger partial charge >= 0.3 is 0 Å². The molecule has 1 aliphatic rings. The van der Waals surface area contributed by atoms with E-state index in [1.54, 1.807) is 6.20 Å². The second-order valence-corrected chi connectivity index (χ2v) is 5.34. The smallest absolute Gasteiger partial charge is 0.235 e. The fourth-order valence-electron chi connectivity index (χ4n) is 2.62. The molecule has 0 amide bonds. The maximum absolute atomic E-state index is 5.73. The highest BCUT2D eigenvalue weighted by Gasteiger charge is 2.21. The van der Waals surface area contributed by atoms with E-state index < -0.39 is 0 Å². The molecule has 0 saturated carbocycles. The van der Waals surface area contributed by atoms with E-state index in [0.717, 1.165) is 23.1 Å². The predicted octanol–water partition coefficient (Wildman–Crippen LogP) is 3.02. The summed E-state index contributed by atoms with van der Waals surface area (Å²) in [6.07, 6.45) is 2.63. The Balaban J connectivity index is 1.58. The average molecular weight is 289 g/mol. The monoisotopic (exact) mass is 289 g/mol. The molecule has 4 rings (SSSR count). The van der Waals surface area contributed by atoms with Crippen LogP contribution in [0, 0.1) is 0 Å². The lowest BCUT2D eigenvalue weighted by Gasteiger charge is -2.04. The van der Waals surface area contributed by atoms with Crippen molar-refractivity contribution in [3.63, 3.8) is 0 Å². The average Bonchev–Trinajstić information content (AvgIpc) is 3.04. The summed E-state index contributed by atoms with van der Waals surface area (Å²) in [5.41, 5.74) is 2.74. The molecule has 1 atom stereocenters. The zero-order valence-corrected chi connectivity index (χ0v) is 12.0. The van der Waals surface area contributed by atoms with Gasteiger partial charge in [-0.25, -0.2) is 15.0 Å². The van der Waals surface area contributed by atoms with Gasteiger partial charge in [0.05, 0.1) is 6.04 Å². The van der Waals surface area contributed by atoms with E-state index in [4.69, 9.17) is 4.74 Å². The Bertz CT molecular complexity index is 830. The van der Waals surface area contributed by atoms with Gasteiger partial charge in [0.2, 0.25) is 5.90 Å². The molecule has 1 aromatic carbocycles. The highest BCUT2D eigenvalue weighted by atomic mass is 16.5. The quantitative estimate of drug-likeness (QED) is 0.744. The number of benzene rings is 1. The van der Waals surface area contributed by atoms with Crippen LogP contribution >= 0.6 is 0 Å². The molecule has 2 aromatic heterocycles. The molecule has 108 valence electrons. The zero-order valence-electron chi connectivity index (χ0n) is 12.0. The molecule has 0 saturated heterocycles. The SMILES string of the molecule is c1ccc(C[C@H]2COC(c3ccc4cccnc4n3)=N2)cc1. The fraction of sp³-hybridized carbons (Fsp3) is 0.167. The van der Waals surface area contributed by atoms with Crippen LogP contribution in [0.3, 0.4) is 0 Å². The third-order valence-corrected chi connectivity index (χ3v) is 3.71. The Hall–Kier alpha value is -2.75. The molecule has 0 aliphatic carbocycles. The molecule has 0 bridgehead atoms. The largest absolute Gasteiger partial charge is 0.474 e. The summed E-state index contributed by atoms with van der Waals surface area (Å²) >= 11 is 0. The number of hydrogen-bond donors (Lipinski definition) is 0. The van der Waals surface area contributed by atoms with Crippen molar-refractivity contribution in [1.82, 2.24) is 9.97 Å².